The van der Waals surface area contributed by atoms with Crippen LogP contribution in [0.15, 0.2) is 17.9 Å². The summed E-state index contributed by atoms with van der Waals surface area (Å²) in [6, 6.07) is 4.01. The van der Waals surface area contributed by atoms with E-state index in [1.165, 1.54) is 0 Å². The maximum absolute atomic E-state index is 12.4. The summed E-state index contributed by atoms with van der Waals surface area (Å²) in [5.74, 6) is -0.414. The van der Waals surface area contributed by atoms with Gasteiger partial charge in [-0.2, -0.15) is 0 Å². The van der Waals surface area contributed by atoms with Crippen LogP contribution >= 0.6 is 0 Å². The summed E-state index contributed by atoms with van der Waals surface area (Å²) >= 11 is 0. The van der Waals surface area contributed by atoms with Crippen LogP contribution in [0.2, 0.25) is 0 Å². The number of aliphatic hydroxyl groups excluding tert-OH is 2. The normalized spacial score (nSPS) is 28.4. The lowest BCUT2D eigenvalue weighted by Crippen LogP contribution is -2.38. The summed E-state index contributed by atoms with van der Waals surface area (Å²) in [4.78, 5) is 12.4. The van der Waals surface area contributed by atoms with Crippen molar-refractivity contribution in [1.29, 1.82) is 0 Å². The van der Waals surface area contributed by atoms with Crippen LogP contribution in [0.3, 0.4) is 0 Å². The smallest absolute Gasteiger partial charge is 0.343 e. The highest BCUT2D eigenvalue weighted by Crippen LogP contribution is 2.46. The van der Waals surface area contributed by atoms with Crippen LogP contribution in [0.5, 0.6) is 0 Å². The summed E-state index contributed by atoms with van der Waals surface area (Å²) in [7, 11) is 0. The van der Waals surface area contributed by atoms with Crippen molar-refractivity contribution in [2.45, 2.75) is 58.2 Å². The Morgan fingerprint density at radius 3 is 2.23 bits per heavy atom. The number of benzene rings is 1. The summed E-state index contributed by atoms with van der Waals surface area (Å²) in [6.07, 6.45) is 1.65. The summed E-state index contributed by atoms with van der Waals surface area (Å²) in [5, 5.41) is 20.4. The van der Waals surface area contributed by atoms with Gasteiger partial charge in [-0.15, -0.1) is 0 Å². The van der Waals surface area contributed by atoms with Crippen LogP contribution in [-0.4, -0.2) is 27.9 Å². The van der Waals surface area contributed by atoms with E-state index in [0.717, 1.165) is 22.3 Å². The van der Waals surface area contributed by atoms with E-state index in [9.17, 15) is 15.0 Å². The number of ether oxygens (including phenoxy) is 1. The number of rotatable bonds is 1. The molecule has 3 rings (SSSR count). The molecule has 1 heterocycles. The van der Waals surface area contributed by atoms with Gasteiger partial charge in [0, 0.05) is 0 Å². The summed E-state index contributed by atoms with van der Waals surface area (Å²) in [5.41, 5.74) is 3.19. The van der Waals surface area contributed by atoms with Gasteiger partial charge in [-0.3, -0.25) is 0 Å². The number of hydrogen-bond donors (Lipinski definition) is 2. The first-order valence-corrected chi connectivity index (χ1v) is 7.77. The van der Waals surface area contributed by atoms with E-state index in [4.69, 9.17) is 4.74 Å². The van der Waals surface area contributed by atoms with Gasteiger partial charge in [0.2, 0.25) is 0 Å². The first kappa shape index (κ1) is 15.1. The minimum absolute atomic E-state index is 0.0412. The van der Waals surface area contributed by atoms with E-state index in [1.54, 1.807) is 0 Å². The molecule has 0 bridgehead atoms. The van der Waals surface area contributed by atoms with Crippen molar-refractivity contribution in [3.63, 3.8) is 0 Å². The van der Waals surface area contributed by atoms with E-state index < -0.39 is 11.6 Å². The Hall–Kier alpha value is -1.81. The van der Waals surface area contributed by atoms with Crippen molar-refractivity contribution >= 4 is 11.5 Å². The largest absolute Gasteiger partial charge is 0.507 e. The third kappa shape index (κ3) is 2.22. The average Bonchev–Trinajstić information content (AvgIpc) is 2.66. The zero-order chi connectivity index (χ0) is 16.1. The molecular formula is C18H22O4. The zero-order valence-electron chi connectivity index (χ0n) is 13.3. The molecule has 1 fully saturated rings. The number of carbonyl (C=O) groups excluding carboxylic acids is 1. The van der Waals surface area contributed by atoms with Crippen LogP contribution in [0, 0.1) is 20.8 Å². The fourth-order valence-corrected chi connectivity index (χ4v) is 3.80. The zero-order valence-corrected chi connectivity index (χ0v) is 13.3. The fourth-order valence-electron chi connectivity index (χ4n) is 3.80. The van der Waals surface area contributed by atoms with E-state index in [1.807, 2.05) is 32.9 Å². The van der Waals surface area contributed by atoms with E-state index >= 15 is 0 Å². The van der Waals surface area contributed by atoms with Gasteiger partial charge in [0.15, 0.2) is 11.4 Å². The molecule has 0 radical (unpaired) electrons. The van der Waals surface area contributed by atoms with Crippen molar-refractivity contribution in [2.75, 3.05) is 0 Å². The Morgan fingerprint density at radius 1 is 1.14 bits per heavy atom. The number of esters is 1. The molecule has 4 heteroatoms. The topological polar surface area (TPSA) is 66.8 Å². The molecule has 0 aromatic heterocycles. The Kier molecular flexibility index (Phi) is 3.52. The Balaban J connectivity index is 2.10. The van der Waals surface area contributed by atoms with Crippen LogP contribution in [-0.2, 0) is 9.53 Å². The van der Waals surface area contributed by atoms with Gasteiger partial charge in [-0.1, -0.05) is 17.7 Å². The van der Waals surface area contributed by atoms with Crippen LogP contribution in [0.1, 0.15) is 47.9 Å². The lowest BCUT2D eigenvalue weighted by molar-refractivity contribution is -0.151. The molecule has 0 saturated heterocycles. The molecule has 1 spiro atoms. The van der Waals surface area contributed by atoms with Crippen LogP contribution < -0.4 is 0 Å². The lowest BCUT2D eigenvalue weighted by Gasteiger charge is -2.33. The van der Waals surface area contributed by atoms with Crippen LogP contribution in [0.4, 0.5) is 0 Å². The maximum Gasteiger partial charge on any atom is 0.343 e. The second kappa shape index (κ2) is 5.13. The van der Waals surface area contributed by atoms with E-state index in [2.05, 4.69) is 0 Å². The van der Waals surface area contributed by atoms with E-state index in [0.29, 0.717) is 31.3 Å². The molecule has 2 N–H and O–H groups in total. The molecule has 118 valence electrons. The minimum atomic E-state index is -0.935. The molecule has 1 aromatic carbocycles. The first-order chi connectivity index (χ1) is 10.3. The fraction of sp³-hybridized carbons (Fsp3) is 0.500. The first-order valence-electron chi connectivity index (χ1n) is 7.77. The molecule has 4 nitrogen and oxygen atoms in total. The van der Waals surface area contributed by atoms with E-state index in [-0.39, 0.29) is 11.9 Å². The maximum atomic E-state index is 12.4. The second-order valence-corrected chi connectivity index (χ2v) is 6.61. The quantitative estimate of drug-likeness (QED) is 0.782. The third-order valence-electron chi connectivity index (χ3n) is 4.85. The van der Waals surface area contributed by atoms with Crippen molar-refractivity contribution in [3.05, 3.63) is 40.1 Å². The number of carbonyl (C=O) groups is 1. The van der Waals surface area contributed by atoms with Gasteiger partial charge in [0.05, 0.1) is 6.10 Å². The Labute approximate surface area is 130 Å². The molecule has 0 amide bonds. The Bertz CT molecular complexity index is 641. The lowest BCUT2D eigenvalue weighted by atomic mass is 9.80. The van der Waals surface area contributed by atoms with Crippen molar-refractivity contribution < 1.29 is 19.7 Å². The number of hydrogen-bond acceptors (Lipinski definition) is 4. The molecule has 1 saturated carbocycles. The average molecular weight is 302 g/mol. The second-order valence-electron chi connectivity index (χ2n) is 6.61. The minimum Gasteiger partial charge on any atom is -0.507 e. The van der Waals surface area contributed by atoms with Gasteiger partial charge in [0.25, 0.3) is 0 Å². The van der Waals surface area contributed by atoms with Crippen molar-refractivity contribution in [2.24, 2.45) is 0 Å². The molecule has 22 heavy (non-hydrogen) atoms. The number of aliphatic hydroxyl groups is 2. The van der Waals surface area contributed by atoms with Gasteiger partial charge >= 0.3 is 5.97 Å². The Morgan fingerprint density at radius 2 is 1.68 bits per heavy atom. The summed E-state index contributed by atoms with van der Waals surface area (Å²) in [6.45, 7) is 5.89. The highest BCUT2D eigenvalue weighted by Gasteiger charge is 2.50. The molecule has 0 atom stereocenters. The predicted octanol–water partition coefficient (Wildman–Crippen LogP) is 3.11. The molecule has 1 aromatic rings. The van der Waals surface area contributed by atoms with Gasteiger partial charge in [-0.05, 0) is 63.1 Å². The van der Waals surface area contributed by atoms with Crippen molar-refractivity contribution in [3.8, 4) is 0 Å². The van der Waals surface area contributed by atoms with Gasteiger partial charge < -0.3 is 14.9 Å². The van der Waals surface area contributed by atoms with Crippen molar-refractivity contribution in [1.82, 2.24) is 0 Å². The molecular weight excluding hydrogens is 280 g/mol. The van der Waals surface area contributed by atoms with Crippen LogP contribution in [0.25, 0.3) is 5.57 Å². The molecule has 1 aliphatic heterocycles. The standard InChI is InChI=1S/C18H22O4/c1-10-8-11(2)14(12(3)9-10)15-16(20)18(22-17(15)21)6-4-13(19)5-7-18/h8-9,13,19-20H,4-7H2,1-3H3. The highest BCUT2D eigenvalue weighted by atomic mass is 16.6. The molecule has 2 aliphatic rings. The number of aryl methyl sites for hydroxylation is 3. The predicted molar refractivity (Wildman–Crippen MR) is 83.5 cm³/mol. The summed E-state index contributed by atoms with van der Waals surface area (Å²) < 4.78 is 5.58. The van der Waals surface area contributed by atoms with Gasteiger partial charge in [-0.25, -0.2) is 4.79 Å². The molecule has 0 unspecified atom stereocenters. The molecule has 1 aliphatic carbocycles. The highest BCUT2D eigenvalue weighted by molar-refractivity contribution is 6.20. The SMILES string of the molecule is Cc1cc(C)c(C2=C(O)C3(CCC(O)CC3)OC2=O)c(C)c1. The van der Waals surface area contributed by atoms with Gasteiger partial charge in [0.1, 0.15) is 5.57 Å². The third-order valence-corrected chi connectivity index (χ3v) is 4.85. The monoisotopic (exact) mass is 302 g/mol.